The third-order valence-corrected chi connectivity index (χ3v) is 5.93. The van der Waals surface area contributed by atoms with Crippen molar-refractivity contribution in [2.45, 2.75) is 44.1 Å². The Balaban J connectivity index is 1.39. The highest BCUT2D eigenvalue weighted by molar-refractivity contribution is 5.64. The van der Waals surface area contributed by atoms with Crippen molar-refractivity contribution < 1.29 is 14.3 Å². The van der Waals surface area contributed by atoms with E-state index in [0.29, 0.717) is 30.9 Å². The van der Waals surface area contributed by atoms with Crippen molar-refractivity contribution in [1.29, 1.82) is 0 Å². The van der Waals surface area contributed by atoms with Gasteiger partial charge in [-0.25, -0.2) is 9.78 Å². The standard InChI is InChI=1S/C20H26N4O3/c25-20(26)24-10-2-3-16(7-13-24)23-11-5-15(6-12-23)17-4-1-8-21-18(17)19-22-9-14-27-19/h1,4,8-9,14-16H,2-3,5-7,10-13H2,(H,25,26). The first-order chi connectivity index (χ1) is 13.2. The Hall–Kier alpha value is -2.41. The number of likely N-dealkylation sites (tertiary alicyclic amines) is 2. The van der Waals surface area contributed by atoms with Crippen molar-refractivity contribution in [3.8, 4) is 11.6 Å². The van der Waals surface area contributed by atoms with Crippen LogP contribution in [0.25, 0.3) is 11.6 Å². The first-order valence-electron chi connectivity index (χ1n) is 9.79. The second-order valence-electron chi connectivity index (χ2n) is 7.44. The predicted molar refractivity (Wildman–Crippen MR) is 101 cm³/mol. The Morgan fingerprint density at radius 2 is 1.93 bits per heavy atom. The highest BCUT2D eigenvalue weighted by Gasteiger charge is 2.30. The van der Waals surface area contributed by atoms with Crippen LogP contribution < -0.4 is 0 Å². The Kier molecular flexibility index (Phi) is 5.38. The maximum absolute atomic E-state index is 11.2. The molecule has 2 aromatic heterocycles. The van der Waals surface area contributed by atoms with Crippen LogP contribution in [0.15, 0.2) is 35.2 Å². The molecular formula is C20H26N4O3. The first kappa shape index (κ1) is 18.0. The van der Waals surface area contributed by atoms with E-state index in [-0.39, 0.29) is 0 Å². The second kappa shape index (κ2) is 8.08. The van der Waals surface area contributed by atoms with Gasteiger partial charge in [0.15, 0.2) is 0 Å². The molecule has 1 amide bonds. The molecule has 0 radical (unpaired) electrons. The number of hydrogen-bond donors (Lipinski definition) is 1. The van der Waals surface area contributed by atoms with Gasteiger partial charge in [-0.3, -0.25) is 4.98 Å². The molecule has 2 aliphatic rings. The minimum atomic E-state index is -0.787. The molecule has 0 bridgehead atoms. The van der Waals surface area contributed by atoms with Gasteiger partial charge in [0.05, 0.1) is 6.20 Å². The van der Waals surface area contributed by atoms with Crippen LogP contribution in [0.4, 0.5) is 4.79 Å². The van der Waals surface area contributed by atoms with E-state index in [1.807, 2.05) is 6.07 Å². The maximum Gasteiger partial charge on any atom is 0.407 e. The van der Waals surface area contributed by atoms with Gasteiger partial charge in [0, 0.05) is 25.3 Å². The van der Waals surface area contributed by atoms with Crippen LogP contribution >= 0.6 is 0 Å². The summed E-state index contributed by atoms with van der Waals surface area (Å²) >= 11 is 0. The van der Waals surface area contributed by atoms with E-state index in [0.717, 1.165) is 50.9 Å². The Morgan fingerprint density at radius 3 is 2.67 bits per heavy atom. The van der Waals surface area contributed by atoms with Crippen molar-refractivity contribution in [1.82, 2.24) is 19.8 Å². The molecule has 27 heavy (non-hydrogen) atoms. The van der Waals surface area contributed by atoms with Crippen molar-refractivity contribution >= 4 is 6.09 Å². The summed E-state index contributed by atoms with van der Waals surface area (Å²) in [6, 6.07) is 4.62. The molecule has 1 atom stereocenters. The highest BCUT2D eigenvalue weighted by atomic mass is 16.4. The number of hydrogen-bond acceptors (Lipinski definition) is 5. The van der Waals surface area contributed by atoms with E-state index < -0.39 is 6.09 Å². The number of pyridine rings is 1. The normalized spacial score (nSPS) is 22.5. The van der Waals surface area contributed by atoms with Crippen LogP contribution in [0.5, 0.6) is 0 Å². The molecule has 4 rings (SSSR count). The molecule has 4 heterocycles. The van der Waals surface area contributed by atoms with Crippen molar-refractivity contribution in [2.24, 2.45) is 0 Å². The Labute approximate surface area is 159 Å². The zero-order chi connectivity index (χ0) is 18.6. The van der Waals surface area contributed by atoms with Crippen molar-refractivity contribution in [3.63, 3.8) is 0 Å². The lowest BCUT2D eigenvalue weighted by Gasteiger charge is -2.37. The van der Waals surface area contributed by atoms with Crippen LogP contribution in [0.2, 0.25) is 0 Å². The lowest BCUT2D eigenvalue weighted by Crippen LogP contribution is -2.41. The number of rotatable bonds is 3. The fourth-order valence-electron chi connectivity index (χ4n) is 4.48. The summed E-state index contributed by atoms with van der Waals surface area (Å²) in [6.07, 6.45) is 9.38. The summed E-state index contributed by atoms with van der Waals surface area (Å²) < 4.78 is 5.47. The predicted octanol–water partition coefficient (Wildman–Crippen LogP) is 3.45. The summed E-state index contributed by atoms with van der Waals surface area (Å²) in [7, 11) is 0. The first-order valence-corrected chi connectivity index (χ1v) is 9.79. The topological polar surface area (TPSA) is 82.7 Å². The third-order valence-electron chi connectivity index (χ3n) is 5.93. The summed E-state index contributed by atoms with van der Waals surface area (Å²) in [5.74, 6) is 1.05. The summed E-state index contributed by atoms with van der Waals surface area (Å²) in [5, 5.41) is 9.22. The number of nitrogens with zero attached hydrogens (tertiary/aromatic N) is 4. The van der Waals surface area contributed by atoms with Gasteiger partial charge in [-0.05, 0) is 62.7 Å². The van der Waals surface area contributed by atoms with Crippen LogP contribution in [-0.4, -0.2) is 63.2 Å². The van der Waals surface area contributed by atoms with Gasteiger partial charge in [0.2, 0.25) is 5.89 Å². The Bertz CT molecular complexity index is 756. The van der Waals surface area contributed by atoms with Gasteiger partial charge in [-0.1, -0.05) is 6.07 Å². The van der Waals surface area contributed by atoms with Gasteiger partial charge >= 0.3 is 6.09 Å². The molecule has 0 aromatic carbocycles. The van der Waals surface area contributed by atoms with Gasteiger partial charge in [0.25, 0.3) is 0 Å². The number of amides is 1. The molecule has 2 aliphatic heterocycles. The SMILES string of the molecule is O=C(O)N1CCCC(N2CCC(c3cccnc3-c3ncco3)CC2)CC1. The molecule has 1 N–H and O–H groups in total. The third kappa shape index (κ3) is 3.98. The van der Waals surface area contributed by atoms with Crippen molar-refractivity contribution in [3.05, 3.63) is 36.4 Å². The van der Waals surface area contributed by atoms with Gasteiger partial charge in [0.1, 0.15) is 12.0 Å². The van der Waals surface area contributed by atoms with E-state index in [9.17, 15) is 9.90 Å². The number of aromatic nitrogens is 2. The van der Waals surface area contributed by atoms with E-state index in [4.69, 9.17) is 4.42 Å². The summed E-state index contributed by atoms with van der Waals surface area (Å²) in [5.41, 5.74) is 2.07. The average Bonchev–Trinajstić information content (AvgIpc) is 3.12. The molecule has 2 fully saturated rings. The lowest BCUT2D eigenvalue weighted by molar-refractivity contribution is 0.131. The number of piperidine rings is 1. The fraction of sp³-hybridized carbons (Fsp3) is 0.550. The smallest absolute Gasteiger partial charge is 0.407 e. The van der Waals surface area contributed by atoms with Crippen LogP contribution in [0.3, 0.4) is 0 Å². The van der Waals surface area contributed by atoms with E-state index in [2.05, 4.69) is 20.9 Å². The number of oxazole rings is 1. The second-order valence-corrected chi connectivity index (χ2v) is 7.44. The monoisotopic (exact) mass is 370 g/mol. The van der Waals surface area contributed by atoms with Crippen LogP contribution in [0, 0.1) is 0 Å². The maximum atomic E-state index is 11.2. The molecule has 7 heteroatoms. The van der Waals surface area contributed by atoms with Crippen LogP contribution in [-0.2, 0) is 0 Å². The van der Waals surface area contributed by atoms with E-state index in [1.54, 1.807) is 23.6 Å². The zero-order valence-corrected chi connectivity index (χ0v) is 15.5. The lowest BCUT2D eigenvalue weighted by atomic mass is 9.87. The molecule has 2 aromatic rings. The van der Waals surface area contributed by atoms with E-state index in [1.165, 1.54) is 5.56 Å². The van der Waals surface area contributed by atoms with Gasteiger partial charge < -0.3 is 19.3 Å². The molecule has 1 unspecified atom stereocenters. The minimum Gasteiger partial charge on any atom is -0.465 e. The zero-order valence-electron chi connectivity index (χ0n) is 15.5. The van der Waals surface area contributed by atoms with Gasteiger partial charge in [-0.2, -0.15) is 0 Å². The molecule has 0 spiro atoms. The molecule has 7 nitrogen and oxygen atoms in total. The summed E-state index contributed by atoms with van der Waals surface area (Å²) in [4.78, 5) is 24.1. The Morgan fingerprint density at radius 1 is 1.07 bits per heavy atom. The molecule has 0 aliphatic carbocycles. The molecular weight excluding hydrogens is 344 g/mol. The fourth-order valence-corrected chi connectivity index (χ4v) is 4.48. The minimum absolute atomic E-state index is 0.457. The van der Waals surface area contributed by atoms with Gasteiger partial charge in [-0.15, -0.1) is 0 Å². The van der Waals surface area contributed by atoms with E-state index >= 15 is 0 Å². The molecule has 2 saturated heterocycles. The highest BCUT2D eigenvalue weighted by Crippen LogP contribution is 2.34. The number of carbonyl (C=O) groups is 1. The largest absolute Gasteiger partial charge is 0.465 e. The quantitative estimate of drug-likeness (QED) is 0.891. The van der Waals surface area contributed by atoms with Crippen LogP contribution in [0.1, 0.15) is 43.6 Å². The molecule has 0 saturated carbocycles. The summed E-state index contributed by atoms with van der Waals surface area (Å²) in [6.45, 7) is 3.40. The molecule has 144 valence electrons. The number of carboxylic acid groups (broad SMARTS) is 1. The van der Waals surface area contributed by atoms with Crippen molar-refractivity contribution in [2.75, 3.05) is 26.2 Å². The average molecular weight is 370 g/mol.